The molecule has 0 saturated heterocycles. The molecule has 4 atom stereocenters. The first-order valence-electron chi connectivity index (χ1n) is 7.60. The van der Waals surface area contributed by atoms with Gasteiger partial charge in [0.15, 0.2) is 0 Å². The van der Waals surface area contributed by atoms with Crippen LogP contribution in [0.25, 0.3) is 0 Å². The lowest BCUT2D eigenvalue weighted by atomic mass is 9.70. The van der Waals surface area contributed by atoms with Crippen LogP contribution in [-0.2, 0) is 9.53 Å². The van der Waals surface area contributed by atoms with Crippen molar-refractivity contribution in [3.05, 3.63) is 11.6 Å². The van der Waals surface area contributed by atoms with Gasteiger partial charge < -0.3 is 4.74 Å². The van der Waals surface area contributed by atoms with Crippen molar-refractivity contribution in [2.75, 3.05) is 7.11 Å². The van der Waals surface area contributed by atoms with E-state index < -0.39 is 0 Å². The molecule has 0 amide bonds. The summed E-state index contributed by atoms with van der Waals surface area (Å²) in [4.78, 5) is 12.3. The van der Waals surface area contributed by atoms with E-state index in [-0.39, 0.29) is 12.0 Å². The largest absolute Gasteiger partial charge is 0.380 e. The monoisotopic (exact) mass is 266 g/mol. The van der Waals surface area contributed by atoms with Gasteiger partial charge >= 0.3 is 0 Å². The molecule has 19 heavy (non-hydrogen) atoms. The van der Waals surface area contributed by atoms with Crippen molar-refractivity contribution in [2.45, 2.75) is 60.0 Å². The third-order valence-electron chi connectivity index (χ3n) is 4.59. The highest BCUT2D eigenvalue weighted by Crippen LogP contribution is 2.36. The Bertz CT molecular complexity index is 330. The fraction of sp³-hybridized carbons (Fsp3) is 0.824. The van der Waals surface area contributed by atoms with E-state index in [9.17, 15) is 4.79 Å². The Kier molecular flexibility index (Phi) is 6.25. The van der Waals surface area contributed by atoms with Crippen molar-refractivity contribution in [1.29, 1.82) is 0 Å². The molecule has 1 aliphatic carbocycles. The van der Waals surface area contributed by atoms with Crippen molar-refractivity contribution >= 4 is 5.78 Å². The molecule has 2 heteroatoms. The lowest BCUT2D eigenvalue weighted by molar-refractivity contribution is -0.134. The van der Waals surface area contributed by atoms with E-state index in [1.54, 1.807) is 7.11 Å². The molecule has 0 aliphatic heterocycles. The van der Waals surface area contributed by atoms with Crippen LogP contribution in [0.5, 0.6) is 0 Å². The second-order valence-corrected chi connectivity index (χ2v) is 6.60. The van der Waals surface area contributed by atoms with Crippen LogP contribution in [0.1, 0.15) is 53.9 Å². The molecule has 0 radical (unpaired) electrons. The second-order valence-electron chi connectivity index (χ2n) is 6.60. The van der Waals surface area contributed by atoms with Crippen LogP contribution < -0.4 is 0 Å². The van der Waals surface area contributed by atoms with Gasteiger partial charge in [-0.15, -0.1) is 0 Å². The molecular weight excluding hydrogens is 236 g/mol. The summed E-state index contributed by atoms with van der Waals surface area (Å²) in [5.74, 6) is 1.92. The van der Waals surface area contributed by atoms with E-state index in [2.05, 4.69) is 40.7 Å². The molecule has 0 heterocycles. The SMILES string of the molecule is COC1C(/C(C)=C/CCC(C)C)C(=O)CC(C)C1C. The quantitative estimate of drug-likeness (QED) is 0.696. The topological polar surface area (TPSA) is 26.3 Å². The molecule has 0 bridgehead atoms. The Morgan fingerprint density at radius 2 is 2.05 bits per heavy atom. The van der Waals surface area contributed by atoms with Crippen LogP contribution in [0.15, 0.2) is 11.6 Å². The van der Waals surface area contributed by atoms with Crippen molar-refractivity contribution < 1.29 is 9.53 Å². The van der Waals surface area contributed by atoms with Crippen LogP contribution in [0, 0.1) is 23.7 Å². The van der Waals surface area contributed by atoms with Crippen LogP contribution in [-0.4, -0.2) is 19.0 Å². The molecule has 0 N–H and O–H groups in total. The third-order valence-corrected chi connectivity index (χ3v) is 4.59. The zero-order valence-corrected chi connectivity index (χ0v) is 13.4. The average molecular weight is 266 g/mol. The van der Waals surface area contributed by atoms with Crippen molar-refractivity contribution in [2.24, 2.45) is 23.7 Å². The van der Waals surface area contributed by atoms with E-state index in [4.69, 9.17) is 4.74 Å². The molecule has 110 valence electrons. The Labute approximate surface area is 118 Å². The highest BCUT2D eigenvalue weighted by atomic mass is 16.5. The van der Waals surface area contributed by atoms with Crippen molar-refractivity contribution in [3.63, 3.8) is 0 Å². The summed E-state index contributed by atoms with van der Waals surface area (Å²) in [6.07, 6.45) is 5.24. The molecule has 1 aliphatic rings. The Morgan fingerprint density at radius 3 is 2.58 bits per heavy atom. The Balaban J connectivity index is 2.79. The van der Waals surface area contributed by atoms with Crippen molar-refractivity contribution in [1.82, 2.24) is 0 Å². The summed E-state index contributed by atoms with van der Waals surface area (Å²) in [5.41, 5.74) is 1.20. The highest BCUT2D eigenvalue weighted by molar-refractivity contribution is 5.85. The smallest absolute Gasteiger partial charge is 0.142 e. The summed E-state index contributed by atoms with van der Waals surface area (Å²) in [7, 11) is 1.74. The number of hydrogen-bond acceptors (Lipinski definition) is 2. The molecule has 2 nitrogen and oxygen atoms in total. The second kappa shape index (κ2) is 7.23. The predicted molar refractivity (Wildman–Crippen MR) is 80.1 cm³/mol. The normalized spacial score (nSPS) is 33.0. The molecule has 4 unspecified atom stereocenters. The lowest BCUT2D eigenvalue weighted by Gasteiger charge is -2.39. The minimum absolute atomic E-state index is 0.0247. The number of rotatable bonds is 5. The van der Waals surface area contributed by atoms with Gasteiger partial charge in [-0.2, -0.15) is 0 Å². The van der Waals surface area contributed by atoms with Gasteiger partial charge in [0.2, 0.25) is 0 Å². The maximum atomic E-state index is 12.3. The fourth-order valence-electron chi connectivity index (χ4n) is 3.08. The summed E-state index contributed by atoms with van der Waals surface area (Å²) in [5, 5.41) is 0. The number of hydrogen-bond donors (Lipinski definition) is 0. The average Bonchev–Trinajstić information content (AvgIpc) is 2.32. The van der Waals surface area contributed by atoms with Gasteiger partial charge in [0.1, 0.15) is 5.78 Å². The number of carbonyl (C=O) groups excluding carboxylic acids is 1. The van der Waals surface area contributed by atoms with Crippen LogP contribution >= 0.6 is 0 Å². The minimum Gasteiger partial charge on any atom is -0.380 e. The van der Waals surface area contributed by atoms with Gasteiger partial charge in [-0.1, -0.05) is 39.3 Å². The van der Waals surface area contributed by atoms with E-state index in [1.165, 1.54) is 12.0 Å². The number of methoxy groups -OCH3 is 1. The Hall–Kier alpha value is -0.630. The van der Waals surface area contributed by atoms with E-state index in [0.29, 0.717) is 30.0 Å². The zero-order valence-electron chi connectivity index (χ0n) is 13.4. The minimum atomic E-state index is -0.0247. The first-order valence-corrected chi connectivity index (χ1v) is 7.60. The summed E-state index contributed by atoms with van der Waals surface area (Å²) >= 11 is 0. The first kappa shape index (κ1) is 16.4. The van der Waals surface area contributed by atoms with Crippen LogP contribution in [0.3, 0.4) is 0 Å². The molecule has 1 rings (SSSR count). The first-order chi connectivity index (χ1) is 8.88. The van der Waals surface area contributed by atoms with Gasteiger partial charge in [0, 0.05) is 13.5 Å². The van der Waals surface area contributed by atoms with E-state index >= 15 is 0 Å². The van der Waals surface area contributed by atoms with Gasteiger partial charge in [-0.3, -0.25) is 4.79 Å². The van der Waals surface area contributed by atoms with E-state index in [0.717, 1.165) is 6.42 Å². The summed E-state index contributed by atoms with van der Waals surface area (Å²) in [6.45, 7) is 10.9. The third kappa shape index (κ3) is 4.17. The van der Waals surface area contributed by atoms with Gasteiger partial charge in [0.25, 0.3) is 0 Å². The van der Waals surface area contributed by atoms with E-state index in [1.807, 2.05) is 0 Å². The number of ketones is 1. The maximum absolute atomic E-state index is 12.3. The predicted octanol–water partition coefficient (Wildman–Crippen LogP) is 4.25. The molecule has 0 aromatic carbocycles. The van der Waals surface area contributed by atoms with Crippen LogP contribution in [0.4, 0.5) is 0 Å². The molecule has 0 spiro atoms. The summed E-state index contributed by atoms with van der Waals surface area (Å²) < 4.78 is 5.64. The molecular formula is C17H30O2. The number of ether oxygens (including phenoxy) is 1. The number of Topliss-reactive ketones (excluding diaryl/α,β-unsaturated/α-hetero) is 1. The number of allylic oxidation sites excluding steroid dienone is 1. The zero-order chi connectivity index (χ0) is 14.6. The molecule has 0 aromatic heterocycles. The van der Waals surface area contributed by atoms with Crippen molar-refractivity contribution in [3.8, 4) is 0 Å². The van der Waals surface area contributed by atoms with Gasteiger partial charge in [-0.05, 0) is 37.5 Å². The standard InChI is InChI=1S/C17H30O2/c1-11(2)8-7-9-12(3)16-15(18)10-13(4)14(5)17(16)19-6/h9,11,13-14,16-17H,7-8,10H2,1-6H3/b12-9+. The van der Waals surface area contributed by atoms with Crippen LogP contribution in [0.2, 0.25) is 0 Å². The lowest BCUT2D eigenvalue weighted by Crippen LogP contribution is -2.44. The maximum Gasteiger partial charge on any atom is 0.142 e. The van der Waals surface area contributed by atoms with Gasteiger partial charge in [0.05, 0.1) is 12.0 Å². The Morgan fingerprint density at radius 1 is 1.42 bits per heavy atom. The summed E-state index contributed by atoms with van der Waals surface area (Å²) in [6, 6.07) is 0. The number of carbonyl (C=O) groups is 1. The van der Waals surface area contributed by atoms with Gasteiger partial charge in [-0.25, -0.2) is 0 Å². The molecule has 1 fully saturated rings. The highest BCUT2D eigenvalue weighted by Gasteiger charge is 2.41. The fourth-order valence-corrected chi connectivity index (χ4v) is 3.08. The molecule has 0 aromatic rings. The molecule has 1 saturated carbocycles.